The first kappa shape index (κ1) is 13.0. The highest BCUT2D eigenvalue weighted by Gasteiger charge is 2.23. The molecule has 8 nitrogen and oxygen atoms in total. The molecule has 0 aliphatic heterocycles. The molecule has 2 aromatic rings. The lowest BCUT2D eigenvalue weighted by atomic mass is 10.2. The molecule has 1 aromatic carbocycles. The number of carbonyl (C=O) groups is 2. The van der Waals surface area contributed by atoms with Gasteiger partial charge in [0.15, 0.2) is 0 Å². The number of aromatic nitrogens is 4. The van der Waals surface area contributed by atoms with Crippen LogP contribution >= 0.6 is 11.6 Å². The highest BCUT2D eigenvalue weighted by atomic mass is 35.5. The predicted molar refractivity (Wildman–Crippen MR) is 64.9 cm³/mol. The van der Waals surface area contributed by atoms with E-state index in [0.29, 0.717) is 10.7 Å². The average molecular weight is 282 g/mol. The second-order valence-electron chi connectivity index (χ2n) is 3.50. The molecule has 2 rings (SSSR count). The van der Waals surface area contributed by atoms with Crippen molar-refractivity contribution < 1.29 is 14.7 Å². The molecule has 9 heteroatoms. The van der Waals surface area contributed by atoms with Gasteiger partial charge < -0.3 is 5.11 Å². The van der Waals surface area contributed by atoms with Crippen LogP contribution < -0.4 is 4.90 Å². The molecule has 2 N–H and O–H groups in total. The lowest BCUT2D eigenvalue weighted by Crippen LogP contribution is -2.36. The summed E-state index contributed by atoms with van der Waals surface area (Å²) in [7, 11) is 0. The third-order valence-corrected chi connectivity index (χ3v) is 2.43. The zero-order valence-electron chi connectivity index (χ0n) is 9.45. The van der Waals surface area contributed by atoms with Crippen molar-refractivity contribution in [3.8, 4) is 0 Å². The first-order chi connectivity index (χ1) is 9.08. The van der Waals surface area contributed by atoms with Gasteiger partial charge in [-0.1, -0.05) is 17.7 Å². The number of carboxylic acids is 1. The number of aromatic amines is 1. The van der Waals surface area contributed by atoms with Gasteiger partial charge in [-0.05, 0) is 23.4 Å². The summed E-state index contributed by atoms with van der Waals surface area (Å²) in [6.07, 6.45) is 0. The molecule has 0 fully saturated rings. The lowest BCUT2D eigenvalue weighted by molar-refractivity contribution is -0.135. The number of amides is 1. The fourth-order valence-electron chi connectivity index (χ4n) is 1.43. The highest BCUT2D eigenvalue weighted by Crippen LogP contribution is 2.20. The van der Waals surface area contributed by atoms with E-state index < -0.39 is 18.4 Å². The molecule has 0 spiro atoms. The van der Waals surface area contributed by atoms with Crippen molar-refractivity contribution in [2.75, 3.05) is 11.4 Å². The number of tetrazole rings is 1. The Hall–Kier alpha value is -2.48. The number of H-pyrrole nitrogens is 1. The van der Waals surface area contributed by atoms with Crippen LogP contribution in [-0.4, -0.2) is 44.2 Å². The summed E-state index contributed by atoms with van der Waals surface area (Å²) in [5, 5.41) is 21.7. The van der Waals surface area contributed by atoms with Gasteiger partial charge in [0.2, 0.25) is 0 Å². The zero-order chi connectivity index (χ0) is 13.8. The summed E-state index contributed by atoms with van der Waals surface area (Å²) in [5.41, 5.74) is 0.338. The SMILES string of the molecule is O=C(O)CN(C(=O)c1nn[nH]n1)c1cccc(Cl)c1. The van der Waals surface area contributed by atoms with E-state index in [-0.39, 0.29) is 5.82 Å². The molecule has 19 heavy (non-hydrogen) atoms. The van der Waals surface area contributed by atoms with E-state index in [1.807, 2.05) is 0 Å². The van der Waals surface area contributed by atoms with Crippen molar-refractivity contribution in [1.29, 1.82) is 0 Å². The monoisotopic (exact) mass is 281 g/mol. The van der Waals surface area contributed by atoms with Gasteiger partial charge in [-0.25, -0.2) is 0 Å². The minimum absolute atomic E-state index is 0.221. The standard InChI is InChI=1S/C10H8ClN5O3/c11-6-2-1-3-7(4-6)16(5-8(17)18)10(19)9-12-14-15-13-9/h1-4H,5H2,(H,17,18)(H,12,13,14,15). The summed E-state index contributed by atoms with van der Waals surface area (Å²) < 4.78 is 0. The van der Waals surface area contributed by atoms with Crippen LogP contribution in [0.2, 0.25) is 5.02 Å². The van der Waals surface area contributed by atoms with E-state index in [1.165, 1.54) is 6.07 Å². The predicted octanol–water partition coefficient (Wildman–Crippen LogP) is 0.584. The number of anilines is 1. The van der Waals surface area contributed by atoms with E-state index in [4.69, 9.17) is 16.7 Å². The van der Waals surface area contributed by atoms with Crippen molar-refractivity contribution in [3.63, 3.8) is 0 Å². The van der Waals surface area contributed by atoms with Crippen LogP contribution in [-0.2, 0) is 4.79 Å². The van der Waals surface area contributed by atoms with Gasteiger partial charge in [0.1, 0.15) is 6.54 Å². The summed E-state index contributed by atoms with van der Waals surface area (Å²) in [6.45, 7) is -0.534. The van der Waals surface area contributed by atoms with E-state index in [2.05, 4.69) is 20.6 Å². The maximum absolute atomic E-state index is 12.1. The number of aliphatic carboxylic acids is 1. The summed E-state index contributed by atoms with van der Waals surface area (Å²) in [6, 6.07) is 6.26. The van der Waals surface area contributed by atoms with E-state index in [9.17, 15) is 9.59 Å². The Kier molecular flexibility index (Phi) is 3.71. The molecule has 0 bridgehead atoms. The number of hydrogen-bond donors (Lipinski definition) is 2. The third-order valence-electron chi connectivity index (χ3n) is 2.20. The van der Waals surface area contributed by atoms with Gasteiger partial charge in [-0.15, -0.1) is 10.2 Å². The molecule has 98 valence electrons. The first-order valence-corrected chi connectivity index (χ1v) is 5.48. The first-order valence-electron chi connectivity index (χ1n) is 5.10. The maximum Gasteiger partial charge on any atom is 0.323 e. The molecule has 0 aliphatic rings. The second kappa shape index (κ2) is 5.44. The number of nitrogens with one attached hydrogen (secondary N) is 1. The fraction of sp³-hybridized carbons (Fsp3) is 0.100. The number of hydrogen-bond acceptors (Lipinski definition) is 5. The van der Waals surface area contributed by atoms with Crippen LogP contribution in [0.25, 0.3) is 0 Å². The Morgan fingerprint density at radius 3 is 2.79 bits per heavy atom. The normalized spacial score (nSPS) is 10.2. The van der Waals surface area contributed by atoms with E-state index >= 15 is 0 Å². The van der Waals surface area contributed by atoms with Crippen molar-refractivity contribution in [1.82, 2.24) is 20.6 Å². The van der Waals surface area contributed by atoms with Crippen molar-refractivity contribution in [2.24, 2.45) is 0 Å². The van der Waals surface area contributed by atoms with Crippen LogP contribution in [0.1, 0.15) is 10.6 Å². The minimum Gasteiger partial charge on any atom is -0.480 e. The molecule has 0 atom stereocenters. The topological polar surface area (TPSA) is 112 Å². The van der Waals surface area contributed by atoms with Gasteiger partial charge in [-0.3, -0.25) is 14.5 Å². The van der Waals surface area contributed by atoms with Gasteiger partial charge in [-0.2, -0.15) is 5.21 Å². The second-order valence-corrected chi connectivity index (χ2v) is 3.94. The molecule has 0 saturated heterocycles. The quantitative estimate of drug-likeness (QED) is 0.848. The van der Waals surface area contributed by atoms with Gasteiger partial charge in [0, 0.05) is 10.7 Å². The van der Waals surface area contributed by atoms with Crippen LogP contribution in [0.15, 0.2) is 24.3 Å². The Balaban J connectivity index is 2.36. The summed E-state index contributed by atoms with van der Waals surface area (Å²) >= 11 is 5.82. The number of carbonyl (C=O) groups excluding carboxylic acids is 1. The molecular formula is C10H8ClN5O3. The van der Waals surface area contributed by atoms with E-state index in [0.717, 1.165) is 4.90 Å². The molecule has 1 amide bonds. The van der Waals surface area contributed by atoms with Gasteiger partial charge in [0.05, 0.1) is 0 Å². The van der Waals surface area contributed by atoms with Crippen LogP contribution in [0, 0.1) is 0 Å². The highest BCUT2D eigenvalue weighted by molar-refractivity contribution is 6.31. The Labute approximate surface area is 112 Å². The van der Waals surface area contributed by atoms with Crippen LogP contribution in [0.3, 0.4) is 0 Å². The van der Waals surface area contributed by atoms with Gasteiger partial charge >= 0.3 is 5.97 Å². The summed E-state index contributed by atoms with van der Waals surface area (Å²) in [5.74, 6) is -2.07. The number of nitrogens with zero attached hydrogens (tertiary/aromatic N) is 4. The number of halogens is 1. The Morgan fingerprint density at radius 1 is 1.42 bits per heavy atom. The molecular weight excluding hydrogens is 274 g/mol. The number of rotatable bonds is 4. The maximum atomic E-state index is 12.1. The lowest BCUT2D eigenvalue weighted by Gasteiger charge is -2.19. The molecule has 0 unspecified atom stereocenters. The van der Waals surface area contributed by atoms with E-state index in [1.54, 1.807) is 18.2 Å². The Morgan fingerprint density at radius 2 is 2.21 bits per heavy atom. The minimum atomic E-state index is -1.17. The molecule has 0 saturated carbocycles. The molecule has 1 aromatic heterocycles. The summed E-state index contributed by atoms with van der Waals surface area (Å²) in [4.78, 5) is 23.9. The van der Waals surface area contributed by atoms with Crippen LogP contribution in [0.4, 0.5) is 5.69 Å². The molecule has 0 aliphatic carbocycles. The van der Waals surface area contributed by atoms with Crippen molar-refractivity contribution in [2.45, 2.75) is 0 Å². The average Bonchev–Trinajstić information content (AvgIpc) is 2.88. The molecule has 0 radical (unpaired) electrons. The third kappa shape index (κ3) is 3.05. The zero-order valence-corrected chi connectivity index (χ0v) is 10.2. The van der Waals surface area contributed by atoms with Crippen molar-refractivity contribution >= 4 is 29.2 Å². The van der Waals surface area contributed by atoms with Crippen molar-refractivity contribution in [3.05, 3.63) is 35.1 Å². The largest absolute Gasteiger partial charge is 0.480 e. The number of benzene rings is 1. The molecule has 1 heterocycles. The van der Waals surface area contributed by atoms with Gasteiger partial charge in [0.25, 0.3) is 11.7 Å². The van der Waals surface area contributed by atoms with Crippen LogP contribution in [0.5, 0.6) is 0 Å². The smallest absolute Gasteiger partial charge is 0.323 e. The fourth-order valence-corrected chi connectivity index (χ4v) is 1.62. The number of carboxylic acid groups (broad SMARTS) is 1. The Bertz CT molecular complexity index is 601.